The summed E-state index contributed by atoms with van der Waals surface area (Å²) >= 11 is 1.21. The summed E-state index contributed by atoms with van der Waals surface area (Å²) in [7, 11) is 0. The normalized spacial score (nSPS) is 12.5. The number of aromatic nitrogens is 2. The molecule has 1 amide bonds. The van der Waals surface area contributed by atoms with Crippen molar-refractivity contribution in [3.05, 3.63) is 27.1 Å². The Balaban J connectivity index is 2.39. The third kappa shape index (κ3) is 3.36. The minimum Gasteiger partial charge on any atom is -0.392 e. The highest BCUT2D eigenvalue weighted by Crippen LogP contribution is 2.26. The van der Waals surface area contributed by atoms with Gasteiger partial charge < -0.3 is 10.4 Å². The van der Waals surface area contributed by atoms with Crippen molar-refractivity contribution < 1.29 is 9.90 Å². The molecule has 2 aromatic rings. The number of unbranched alkanes of at least 4 members (excludes halogenated alkanes) is 1. The maximum atomic E-state index is 12.5. The first-order valence-corrected chi connectivity index (χ1v) is 8.22. The summed E-state index contributed by atoms with van der Waals surface area (Å²) in [5, 5.41) is 12.4. The number of rotatable bonds is 6. The van der Waals surface area contributed by atoms with Gasteiger partial charge in [-0.2, -0.15) is 0 Å². The molecule has 7 heteroatoms. The summed E-state index contributed by atoms with van der Waals surface area (Å²) in [5.41, 5.74) is 0.563. The van der Waals surface area contributed by atoms with Crippen molar-refractivity contribution in [3.63, 3.8) is 0 Å². The number of nitrogens with zero attached hydrogens (tertiary/aromatic N) is 2. The van der Waals surface area contributed by atoms with Crippen molar-refractivity contribution in [2.75, 3.05) is 6.54 Å². The zero-order valence-corrected chi connectivity index (χ0v) is 13.9. The van der Waals surface area contributed by atoms with Crippen LogP contribution in [-0.2, 0) is 6.54 Å². The molecule has 6 nitrogen and oxygen atoms in total. The van der Waals surface area contributed by atoms with E-state index in [0.29, 0.717) is 27.2 Å². The van der Waals surface area contributed by atoms with Crippen molar-refractivity contribution in [1.82, 2.24) is 14.9 Å². The van der Waals surface area contributed by atoms with E-state index >= 15 is 0 Å². The maximum absolute atomic E-state index is 12.5. The average molecular weight is 323 g/mol. The minimum absolute atomic E-state index is 0.0956. The van der Waals surface area contributed by atoms with E-state index in [0.717, 1.165) is 12.8 Å². The van der Waals surface area contributed by atoms with Crippen LogP contribution in [-0.4, -0.2) is 33.2 Å². The lowest BCUT2D eigenvalue weighted by molar-refractivity contribution is 0.0927. The molecule has 0 aliphatic carbocycles. The number of carbonyl (C=O) groups is 1. The van der Waals surface area contributed by atoms with E-state index < -0.39 is 6.10 Å². The number of aliphatic hydroxyl groups excluding tert-OH is 1. The summed E-state index contributed by atoms with van der Waals surface area (Å²) in [4.78, 5) is 30.0. The molecule has 2 heterocycles. The van der Waals surface area contributed by atoms with E-state index in [-0.39, 0.29) is 18.0 Å². The molecule has 0 aliphatic rings. The minimum atomic E-state index is -0.608. The second kappa shape index (κ2) is 7.02. The zero-order chi connectivity index (χ0) is 16.3. The van der Waals surface area contributed by atoms with E-state index in [1.165, 1.54) is 11.3 Å². The van der Waals surface area contributed by atoms with Crippen LogP contribution in [0.15, 0.2) is 11.1 Å². The van der Waals surface area contributed by atoms with E-state index in [2.05, 4.69) is 17.2 Å². The number of hydrogen-bond acceptors (Lipinski definition) is 5. The molecule has 0 spiro atoms. The largest absolute Gasteiger partial charge is 0.392 e. The Hall–Kier alpha value is -1.73. The topological polar surface area (TPSA) is 84.2 Å². The van der Waals surface area contributed by atoms with Gasteiger partial charge in [0.25, 0.3) is 11.5 Å². The van der Waals surface area contributed by atoms with Gasteiger partial charge in [-0.25, -0.2) is 4.98 Å². The highest BCUT2D eigenvalue weighted by molar-refractivity contribution is 7.20. The fraction of sp³-hybridized carbons (Fsp3) is 0.533. The van der Waals surface area contributed by atoms with Gasteiger partial charge in [0.05, 0.1) is 22.7 Å². The van der Waals surface area contributed by atoms with Gasteiger partial charge in [0.1, 0.15) is 4.83 Å². The molecule has 120 valence electrons. The molecule has 1 unspecified atom stereocenters. The Morgan fingerprint density at radius 3 is 2.91 bits per heavy atom. The molecule has 0 fully saturated rings. The average Bonchev–Trinajstić information content (AvgIpc) is 2.82. The summed E-state index contributed by atoms with van der Waals surface area (Å²) in [6.07, 6.45) is 2.86. The molecule has 0 bridgehead atoms. The summed E-state index contributed by atoms with van der Waals surface area (Å²) in [6, 6.07) is 0. The maximum Gasteiger partial charge on any atom is 0.262 e. The number of hydrogen-bond donors (Lipinski definition) is 2. The lowest BCUT2D eigenvalue weighted by Crippen LogP contribution is -2.30. The van der Waals surface area contributed by atoms with Crippen LogP contribution in [0.4, 0.5) is 0 Å². The second-order valence-corrected chi connectivity index (χ2v) is 6.39. The molecule has 0 radical (unpaired) electrons. The molecule has 2 rings (SSSR count). The van der Waals surface area contributed by atoms with Crippen LogP contribution in [0, 0.1) is 6.92 Å². The molecule has 0 saturated carbocycles. The molecular weight excluding hydrogens is 302 g/mol. The molecule has 2 N–H and O–H groups in total. The molecule has 1 atom stereocenters. The standard InChI is InChI=1S/C15H21N3O3S/c1-4-5-6-18-8-17-14-11(15(18)21)10(3)12(22-14)13(20)16-7-9(2)19/h8-9,19H,4-7H2,1-3H3,(H,16,20). The number of nitrogens with one attached hydrogen (secondary N) is 1. The Morgan fingerprint density at radius 1 is 1.55 bits per heavy atom. The van der Waals surface area contributed by atoms with Gasteiger partial charge in [-0.3, -0.25) is 14.2 Å². The number of amides is 1. The van der Waals surface area contributed by atoms with Crippen LogP contribution in [0.3, 0.4) is 0 Å². The van der Waals surface area contributed by atoms with Crippen molar-refractivity contribution in [2.45, 2.75) is 46.3 Å². The van der Waals surface area contributed by atoms with Crippen LogP contribution < -0.4 is 10.9 Å². The van der Waals surface area contributed by atoms with Crippen molar-refractivity contribution in [1.29, 1.82) is 0 Å². The molecule has 2 aromatic heterocycles. The number of aliphatic hydroxyl groups is 1. The van der Waals surface area contributed by atoms with E-state index in [1.807, 2.05) is 0 Å². The molecule has 0 saturated heterocycles. The van der Waals surface area contributed by atoms with Gasteiger partial charge in [-0.1, -0.05) is 13.3 Å². The van der Waals surface area contributed by atoms with Gasteiger partial charge in [-0.05, 0) is 25.8 Å². The Morgan fingerprint density at radius 2 is 2.27 bits per heavy atom. The highest BCUT2D eigenvalue weighted by atomic mass is 32.1. The van der Waals surface area contributed by atoms with E-state index in [1.54, 1.807) is 24.7 Å². The fourth-order valence-electron chi connectivity index (χ4n) is 2.18. The first-order chi connectivity index (χ1) is 10.5. The lowest BCUT2D eigenvalue weighted by atomic mass is 10.2. The van der Waals surface area contributed by atoms with Gasteiger partial charge >= 0.3 is 0 Å². The monoisotopic (exact) mass is 323 g/mol. The first kappa shape index (κ1) is 16.6. The van der Waals surface area contributed by atoms with Crippen LogP contribution in [0.1, 0.15) is 41.9 Å². The van der Waals surface area contributed by atoms with Gasteiger partial charge in [0.15, 0.2) is 0 Å². The quantitative estimate of drug-likeness (QED) is 0.847. The first-order valence-electron chi connectivity index (χ1n) is 7.40. The number of carbonyl (C=O) groups excluding carboxylic acids is 1. The predicted octanol–water partition coefficient (Wildman–Crippen LogP) is 1.68. The van der Waals surface area contributed by atoms with Gasteiger partial charge in [-0.15, -0.1) is 11.3 Å². The van der Waals surface area contributed by atoms with Crippen LogP contribution in [0.25, 0.3) is 10.2 Å². The highest BCUT2D eigenvalue weighted by Gasteiger charge is 2.19. The summed E-state index contributed by atoms with van der Waals surface area (Å²) in [5.74, 6) is -0.277. The van der Waals surface area contributed by atoms with Crippen molar-refractivity contribution in [2.24, 2.45) is 0 Å². The van der Waals surface area contributed by atoms with E-state index in [4.69, 9.17) is 0 Å². The molecule has 22 heavy (non-hydrogen) atoms. The number of fused-ring (bicyclic) bond motifs is 1. The third-order valence-electron chi connectivity index (χ3n) is 3.43. The second-order valence-electron chi connectivity index (χ2n) is 5.39. The number of aryl methyl sites for hydroxylation is 2. The third-order valence-corrected chi connectivity index (χ3v) is 4.63. The van der Waals surface area contributed by atoms with Crippen LogP contribution in [0.5, 0.6) is 0 Å². The SMILES string of the molecule is CCCCn1cnc2sc(C(=O)NCC(C)O)c(C)c2c1=O. The zero-order valence-electron chi connectivity index (χ0n) is 13.0. The summed E-state index contributed by atoms with van der Waals surface area (Å²) < 4.78 is 1.60. The fourth-order valence-corrected chi connectivity index (χ4v) is 3.24. The molecular formula is C15H21N3O3S. The van der Waals surface area contributed by atoms with Gasteiger partial charge in [0, 0.05) is 13.1 Å². The Labute approximate surface area is 132 Å². The lowest BCUT2D eigenvalue weighted by Gasteiger charge is -2.06. The predicted molar refractivity (Wildman–Crippen MR) is 87.5 cm³/mol. The van der Waals surface area contributed by atoms with E-state index in [9.17, 15) is 14.7 Å². The van der Waals surface area contributed by atoms with Crippen molar-refractivity contribution in [3.8, 4) is 0 Å². The van der Waals surface area contributed by atoms with Gasteiger partial charge in [0.2, 0.25) is 0 Å². The summed E-state index contributed by atoms with van der Waals surface area (Å²) in [6.45, 7) is 6.25. The Kier molecular flexibility index (Phi) is 5.31. The Bertz CT molecular complexity index is 733. The molecule has 0 aliphatic heterocycles. The van der Waals surface area contributed by atoms with Crippen molar-refractivity contribution >= 4 is 27.5 Å². The van der Waals surface area contributed by atoms with Crippen LogP contribution >= 0.6 is 11.3 Å². The molecule has 0 aromatic carbocycles. The number of thiophene rings is 1. The van der Waals surface area contributed by atoms with Crippen LogP contribution in [0.2, 0.25) is 0 Å². The smallest absolute Gasteiger partial charge is 0.262 e.